The van der Waals surface area contributed by atoms with E-state index in [-0.39, 0.29) is 23.1 Å². The van der Waals surface area contributed by atoms with Crippen LogP contribution in [0.3, 0.4) is 0 Å². The van der Waals surface area contributed by atoms with Crippen LogP contribution >= 0.6 is 0 Å². The van der Waals surface area contributed by atoms with Gasteiger partial charge in [-0.3, -0.25) is 9.52 Å². The molecule has 136 valence electrons. The molecule has 3 atom stereocenters. The lowest BCUT2D eigenvalue weighted by atomic mass is 9.94. The summed E-state index contributed by atoms with van der Waals surface area (Å²) in [5.74, 6) is -2.28. The molecule has 1 amide bonds. The topological polar surface area (TPSA) is 104 Å². The normalized spacial score (nSPS) is 25.7. The van der Waals surface area contributed by atoms with Gasteiger partial charge in [-0.2, -0.15) is 0 Å². The number of rotatable bonds is 4. The number of benzene rings is 1. The highest BCUT2D eigenvalue weighted by Crippen LogP contribution is 2.42. The zero-order valence-corrected chi connectivity index (χ0v) is 14.4. The van der Waals surface area contributed by atoms with Crippen molar-refractivity contribution in [3.8, 4) is 0 Å². The lowest BCUT2D eigenvalue weighted by molar-refractivity contribution is -0.142. The van der Waals surface area contributed by atoms with Crippen molar-refractivity contribution in [3.05, 3.63) is 29.6 Å². The van der Waals surface area contributed by atoms with Gasteiger partial charge in [0.2, 0.25) is 10.0 Å². The smallest absolute Gasteiger partial charge is 0.326 e. The molecule has 0 radical (unpaired) electrons. The van der Waals surface area contributed by atoms with Crippen LogP contribution in [-0.2, 0) is 14.8 Å². The fraction of sp³-hybridized carbons (Fsp3) is 0.500. The Morgan fingerprint density at radius 1 is 1.32 bits per heavy atom. The highest BCUT2D eigenvalue weighted by Gasteiger charge is 2.49. The van der Waals surface area contributed by atoms with Crippen LogP contribution in [-0.4, -0.2) is 49.1 Å². The molecule has 9 heteroatoms. The van der Waals surface area contributed by atoms with Crippen molar-refractivity contribution in [1.29, 1.82) is 0 Å². The minimum absolute atomic E-state index is 0.0544. The zero-order chi connectivity index (χ0) is 18.4. The first-order valence-electron chi connectivity index (χ1n) is 7.98. The SMILES string of the molecule is CS(=O)(=O)Nc1cc(C(=O)N2CC3CCCC3C2C(=O)O)ccc1F. The van der Waals surface area contributed by atoms with Gasteiger partial charge in [0.1, 0.15) is 11.9 Å². The van der Waals surface area contributed by atoms with Gasteiger partial charge in [0.25, 0.3) is 5.91 Å². The standard InChI is InChI=1S/C16H19FN2O5S/c1-25(23,24)18-13-7-9(5-6-12(13)17)15(20)19-8-10-3-2-4-11(10)14(19)16(21)22/h5-7,10-11,14,18H,2-4,8H2,1H3,(H,21,22). The lowest BCUT2D eigenvalue weighted by Crippen LogP contribution is -2.43. The van der Waals surface area contributed by atoms with Gasteiger partial charge in [0.15, 0.2) is 0 Å². The first kappa shape index (κ1) is 17.7. The fourth-order valence-electron chi connectivity index (χ4n) is 3.93. The summed E-state index contributed by atoms with van der Waals surface area (Å²) in [7, 11) is -3.71. The number of amides is 1. The van der Waals surface area contributed by atoms with Crippen LogP contribution in [0.25, 0.3) is 0 Å². The van der Waals surface area contributed by atoms with Gasteiger partial charge in [-0.1, -0.05) is 6.42 Å². The maximum absolute atomic E-state index is 13.8. The number of halogens is 1. The van der Waals surface area contributed by atoms with E-state index in [1.54, 1.807) is 0 Å². The molecule has 1 aliphatic heterocycles. The van der Waals surface area contributed by atoms with Crippen molar-refractivity contribution in [2.45, 2.75) is 25.3 Å². The number of nitrogens with zero attached hydrogens (tertiary/aromatic N) is 1. The Bertz CT molecular complexity index is 826. The van der Waals surface area contributed by atoms with Gasteiger partial charge in [0.05, 0.1) is 11.9 Å². The van der Waals surface area contributed by atoms with Crippen molar-refractivity contribution in [3.63, 3.8) is 0 Å². The van der Waals surface area contributed by atoms with Crippen molar-refractivity contribution < 1.29 is 27.5 Å². The number of fused-ring (bicyclic) bond motifs is 1. The van der Waals surface area contributed by atoms with Crippen molar-refractivity contribution in [2.75, 3.05) is 17.5 Å². The number of anilines is 1. The predicted octanol–water partition coefficient (Wildman–Crippen LogP) is 1.52. The Balaban J connectivity index is 1.90. The Hall–Kier alpha value is -2.16. The molecule has 3 rings (SSSR count). The van der Waals surface area contributed by atoms with E-state index in [0.717, 1.165) is 37.7 Å². The second kappa shape index (κ2) is 6.29. The van der Waals surface area contributed by atoms with E-state index < -0.39 is 33.8 Å². The van der Waals surface area contributed by atoms with Gasteiger partial charge >= 0.3 is 5.97 Å². The molecule has 3 unspecified atom stereocenters. The molecule has 1 saturated carbocycles. The maximum Gasteiger partial charge on any atom is 0.326 e. The third-order valence-electron chi connectivity index (χ3n) is 4.91. The van der Waals surface area contributed by atoms with Crippen LogP contribution in [0.15, 0.2) is 18.2 Å². The fourth-order valence-corrected chi connectivity index (χ4v) is 4.49. The summed E-state index contributed by atoms with van der Waals surface area (Å²) in [5.41, 5.74) is -0.279. The molecule has 0 spiro atoms. The summed E-state index contributed by atoms with van der Waals surface area (Å²) in [6, 6.07) is 2.44. The second-order valence-corrected chi connectivity index (χ2v) is 8.41. The number of aliphatic carboxylic acids is 1. The van der Waals surface area contributed by atoms with Gasteiger partial charge in [-0.05, 0) is 42.9 Å². The van der Waals surface area contributed by atoms with E-state index in [9.17, 15) is 27.5 Å². The quantitative estimate of drug-likeness (QED) is 0.836. The molecule has 2 fully saturated rings. The van der Waals surface area contributed by atoms with Crippen LogP contribution in [0.1, 0.15) is 29.6 Å². The molecule has 1 saturated heterocycles. The molecule has 2 N–H and O–H groups in total. The lowest BCUT2D eigenvalue weighted by Gasteiger charge is -2.24. The predicted molar refractivity (Wildman–Crippen MR) is 88.2 cm³/mol. The molecule has 2 aliphatic rings. The molecule has 25 heavy (non-hydrogen) atoms. The summed E-state index contributed by atoms with van der Waals surface area (Å²) < 4.78 is 38.4. The summed E-state index contributed by atoms with van der Waals surface area (Å²) >= 11 is 0. The second-order valence-electron chi connectivity index (χ2n) is 6.66. The average Bonchev–Trinajstić information content (AvgIpc) is 3.07. The molecule has 1 aromatic rings. The monoisotopic (exact) mass is 370 g/mol. The number of carboxylic acid groups (broad SMARTS) is 1. The highest BCUT2D eigenvalue weighted by atomic mass is 32.2. The number of carbonyl (C=O) groups excluding carboxylic acids is 1. The average molecular weight is 370 g/mol. The first-order chi connectivity index (χ1) is 11.7. The van der Waals surface area contributed by atoms with Gasteiger partial charge in [-0.15, -0.1) is 0 Å². The van der Waals surface area contributed by atoms with E-state index in [1.165, 1.54) is 11.0 Å². The highest BCUT2D eigenvalue weighted by molar-refractivity contribution is 7.92. The Kier molecular flexibility index (Phi) is 4.44. The number of likely N-dealkylation sites (tertiary alicyclic amines) is 1. The van der Waals surface area contributed by atoms with Crippen LogP contribution < -0.4 is 4.72 Å². The number of sulfonamides is 1. The molecular weight excluding hydrogens is 351 g/mol. The zero-order valence-electron chi connectivity index (χ0n) is 13.6. The number of hydrogen-bond acceptors (Lipinski definition) is 4. The molecule has 0 bridgehead atoms. The van der Waals surface area contributed by atoms with E-state index in [0.29, 0.717) is 6.54 Å². The van der Waals surface area contributed by atoms with E-state index in [2.05, 4.69) is 0 Å². The van der Waals surface area contributed by atoms with Crippen LogP contribution in [0.4, 0.5) is 10.1 Å². The van der Waals surface area contributed by atoms with E-state index in [1.807, 2.05) is 4.72 Å². The number of hydrogen-bond donors (Lipinski definition) is 2. The Morgan fingerprint density at radius 2 is 2.04 bits per heavy atom. The third-order valence-corrected chi connectivity index (χ3v) is 5.50. The number of carbonyl (C=O) groups is 2. The minimum atomic E-state index is -3.71. The maximum atomic E-state index is 13.8. The molecular formula is C16H19FN2O5S. The minimum Gasteiger partial charge on any atom is -0.480 e. The molecule has 1 heterocycles. The van der Waals surface area contributed by atoms with Gasteiger partial charge < -0.3 is 10.0 Å². The first-order valence-corrected chi connectivity index (χ1v) is 9.87. The van der Waals surface area contributed by atoms with E-state index >= 15 is 0 Å². The largest absolute Gasteiger partial charge is 0.480 e. The Labute approximate surface area is 144 Å². The summed E-state index contributed by atoms with van der Waals surface area (Å²) in [6.45, 7) is 0.354. The number of carboxylic acids is 1. The van der Waals surface area contributed by atoms with Crippen LogP contribution in [0, 0.1) is 17.7 Å². The molecule has 0 aromatic heterocycles. The van der Waals surface area contributed by atoms with Gasteiger partial charge in [0, 0.05) is 12.1 Å². The molecule has 1 aliphatic carbocycles. The van der Waals surface area contributed by atoms with Crippen molar-refractivity contribution in [1.82, 2.24) is 4.90 Å². The van der Waals surface area contributed by atoms with Crippen LogP contribution in [0.2, 0.25) is 0 Å². The number of nitrogens with one attached hydrogen (secondary N) is 1. The van der Waals surface area contributed by atoms with Gasteiger partial charge in [-0.25, -0.2) is 17.6 Å². The van der Waals surface area contributed by atoms with Crippen molar-refractivity contribution in [2.24, 2.45) is 11.8 Å². The molecule has 7 nitrogen and oxygen atoms in total. The summed E-state index contributed by atoms with van der Waals surface area (Å²) in [4.78, 5) is 25.8. The summed E-state index contributed by atoms with van der Waals surface area (Å²) in [6.07, 6.45) is 3.50. The van der Waals surface area contributed by atoms with E-state index in [4.69, 9.17) is 0 Å². The summed E-state index contributed by atoms with van der Waals surface area (Å²) in [5, 5.41) is 9.53. The molecule has 1 aromatic carbocycles. The van der Waals surface area contributed by atoms with Crippen LogP contribution in [0.5, 0.6) is 0 Å². The third kappa shape index (κ3) is 3.46. The Morgan fingerprint density at radius 3 is 2.68 bits per heavy atom. The van der Waals surface area contributed by atoms with Crippen molar-refractivity contribution >= 4 is 27.6 Å².